The second-order valence-electron chi connectivity index (χ2n) is 7.21. The standard InChI is InChI=1S/C21H22FN3O3S/c1-24(2)9-4-10-25(21-23-19-15(22)5-3-6-18(19)29-21)20(26)14-7-8-16-17(13-14)28-12-11-27-16/h3,5-8,13H,4,9-12H2,1-2H3/p+1. The average Bonchev–Trinajstić information content (AvgIpc) is 3.15. The van der Waals surface area contributed by atoms with Gasteiger partial charge in [0.1, 0.15) is 24.5 Å². The Morgan fingerprint density at radius 1 is 1.21 bits per heavy atom. The summed E-state index contributed by atoms with van der Waals surface area (Å²) in [4.78, 5) is 20.7. The smallest absolute Gasteiger partial charge is 0.260 e. The van der Waals surface area contributed by atoms with Gasteiger partial charge >= 0.3 is 0 Å². The number of aromatic nitrogens is 1. The fourth-order valence-corrected chi connectivity index (χ4v) is 4.23. The maximum Gasteiger partial charge on any atom is 0.260 e. The van der Waals surface area contributed by atoms with Crippen molar-refractivity contribution in [1.29, 1.82) is 0 Å². The Morgan fingerprint density at radius 2 is 2.00 bits per heavy atom. The van der Waals surface area contributed by atoms with Gasteiger partial charge < -0.3 is 14.4 Å². The Kier molecular flexibility index (Phi) is 5.64. The van der Waals surface area contributed by atoms with Gasteiger partial charge in [0.2, 0.25) is 0 Å². The minimum absolute atomic E-state index is 0.185. The number of hydrogen-bond acceptors (Lipinski definition) is 5. The molecule has 0 aliphatic carbocycles. The van der Waals surface area contributed by atoms with Crippen LogP contribution in [-0.4, -0.2) is 51.3 Å². The summed E-state index contributed by atoms with van der Waals surface area (Å²) >= 11 is 1.32. The maximum absolute atomic E-state index is 14.1. The van der Waals surface area contributed by atoms with Gasteiger partial charge in [-0.1, -0.05) is 17.4 Å². The lowest BCUT2D eigenvalue weighted by atomic mass is 10.1. The van der Waals surface area contributed by atoms with Gasteiger partial charge in [-0.3, -0.25) is 9.69 Å². The van der Waals surface area contributed by atoms with Crippen LogP contribution >= 0.6 is 11.3 Å². The van der Waals surface area contributed by atoms with Gasteiger partial charge in [-0.25, -0.2) is 9.37 Å². The minimum Gasteiger partial charge on any atom is -0.486 e. The number of amides is 1. The number of halogens is 1. The molecule has 1 aliphatic rings. The van der Waals surface area contributed by atoms with Crippen molar-refractivity contribution in [3.05, 3.63) is 47.8 Å². The van der Waals surface area contributed by atoms with E-state index in [1.54, 1.807) is 29.2 Å². The van der Waals surface area contributed by atoms with Crippen molar-refractivity contribution in [2.75, 3.05) is 45.3 Å². The molecule has 3 aromatic rings. The summed E-state index contributed by atoms with van der Waals surface area (Å²) in [7, 11) is 4.14. The van der Waals surface area contributed by atoms with E-state index in [2.05, 4.69) is 19.1 Å². The number of para-hydroxylation sites is 1. The van der Waals surface area contributed by atoms with Gasteiger partial charge in [0, 0.05) is 18.5 Å². The third-order valence-corrected chi connectivity index (χ3v) is 5.73. The Hall–Kier alpha value is -2.71. The molecule has 29 heavy (non-hydrogen) atoms. The molecule has 1 N–H and O–H groups in total. The van der Waals surface area contributed by atoms with Crippen LogP contribution in [-0.2, 0) is 0 Å². The van der Waals surface area contributed by atoms with Crippen molar-refractivity contribution in [2.45, 2.75) is 6.42 Å². The molecular formula is C21H23FN3O3S+. The van der Waals surface area contributed by atoms with E-state index in [0.29, 0.717) is 47.5 Å². The van der Waals surface area contributed by atoms with E-state index < -0.39 is 0 Å². The number of quaternary nitrogens is 1. The van der Waals surface area contributed by atoms with E-state index in [1.807, 2.05) is 6.07 Å². The van der Waals surface area contributed by atoms with Crippen molar-refractivity contribution < 1.29 is 23.6 Å². The van der Waals surface area contributed by atoms with Crippen LogP contribution < -0.4 is 19.3 Å². The zero-order valence-electron chi connectivity index (χ0n) is 16.4. The van der Waals surface area contributed by atoms with Crippen molar-refractivity contribution in [1.82, 2.24) is 4.98 Å². The SMILES string of the molecule is C[NH+](C)CCCN(C(=O)c1ccc2c(c1)OCCO2)c1nc2c(F)cccc2s1. The quantitative estimate of drug-likeness (QED) is 0.671. The van der Waals surface area contributed by atoms with Crippen molar-refractivity contribution in [3.63, 3.8) is 0 Å². The molecule has 0 radical (unpaired) electrons. The van der Waals surface area contributed by atoms with Crippen LogP contribution in [0.2, 0.25) is 0 Å². The maximum atomic E-state index is 14.1. The highest BCUT2D eigenvalue weighted by atomic mass is 32.1. The normalized spacial score (nSPS) is 13.1. The number of nitrogens with zero attached hydrogens (tertiary/aromatic N) is 2. The molecule has 1 amide bonds. The predicted octanol–water partition coefficient (Wildman–Crippen LogP) is 2.39. The van der Waals surface area contributed by atoms with Gasteiger partial charge in [0.25, 0.3) is 5.91 Å². The minimum atomic E-state index is -0.380. The van der Waals surface area contributed by atoms with E-state index in [0.717, 1.165) is 17.7 Å². The van der Waals surface area contributed by atoms with Crippen LogP contribution in [0.3, 0.4) is 0 Å². The number of carbonyl (C=O) groups is 1. The molecule has 0 fully saturated rings. The van der Waals surface area contributed by atoms with Crippen LogP contribution in [0.4, 0.5) is 9.52 Å². The number of fused-ring (bicyclic) bond motifs is 2. The molecule has 8 heteroatoms. The number of ether oxygens (including phenoxy) is 2. The van der Waals surface area contributed by atoms with E-state index >= 15 is 0 Å². The third kappa shape index (κ3) is 4.18. The van der Waals surface area contributed by atoms with Gasteiger partial charge in [-0.05, 0) is 30.3 Å². The number of carbonyl (C=O) groups excluding carboxylic acids is 1. The van der Waals surface area contributed by atoms with Crippen LogP contribution in [0, 0.1) is 5.82 Å². The predicted molar refractivity (Wildman–Crippen MR) is 111 cm³/mol. The van der Waals surface area contributed by atoms with Gasteiger partial charge in [-0.2, -0.15) is 0 Å². The highest BCUT2D eigenvalue weighted by Gasteiger charge is 2.24. The van der Waals surface area contributed by atoms with Gasteiger partial charge in [0.05, 0.1) is 25.3 Å². The Bertz CT molecular complexity index is 1040. The molecule has 0 bridgehead atoms. The van der Waals surface area contributed by atoms with Crippen LogP contribution in [0.15, 0.2) is 36.4 Å². The molecule has 1 aliphatic heterocycles. The molecule has 0 saturated carbocycles. The lowest BCUT2D eigenvalue weighted by molar-refractivity contribution is -0.858. The summed E-state index contributed by atoms with van der Waals surface area (Å²) in [5.41, 5.74) is 0.789. The summed E-state index contributed by atoms with van der Waals surface area (Å²) in [5, 5.41) is 0.499. The molecule has 0 unspecified atom stereocenters. The summed E-state index contributed by atoms with van der Waals surface area (Å²) in [6, 6.07) is 10.0. The molecule has 0 atom stereocenters. The Morgan fingerprint density at radius 3 is 2.76 bits per heavy atom. The van der Waals surface area contributed by atoms with Crippen LogP contribution in [0.5, 0.6) is 11.5 Å². The molecule has 152 valence electrons. The number of benzene rings is 2. The number of nitrogens with one attached hydrogen (secondary N) is 1. The second kappa shape index (κ2) is 8.34. The van der Waals surface area contributed by atoms with Crippen molar-refractivity contribution in [3.8, 4) is 11.5 Å². The first-order chi connectivity index (χ1) is 14.0. The monoisotopic (exact) mass is 416 g/mol. The Labute approximate surface area is 172 Å². The first kappa shape index (κ1) is 19.6. The van der Waals surface area contributed by atoms with Crippen LogP contribution in [0.1, 0.15) is 16.8 Å². The molecular weight excluding hydrogens is 393 g/mol. The average molecular weight is 416 g/mol. The van der Waals surface area contributed by atoms with E-state index in [-0.39, 0.29) is 11.7 Å². The zero-order chi connectivity index (χ0) is 20.4. The van der Waals surface area contributed by atoms with E-state index in [9.17, 15) is 9.18 Å². The molecule has 0 spiro atoms. The highest BCUT2D eigenvalue weighted by molar-refractivity contribution is 7.22. The number of anilines is 1. The van der Waals surface area contributed by atoms with Gasteiger partial charge in [0.15, 0.2) is 16.6 Å². The summed E-state index contributed by atoms with van der Waals surface area (Å²) in [5.74, 6) is 0.636. The molecule has 2 aromatic carbocycles. The molecule has 0 saturated heterocycles. The molecule has 6 nitrogen and oxygen atoms in total. The second-order valence-corrected chi connectivity index (χ2v) is 8.22. The molecule has 1 aromatic heterocycles. The fourth-order valence-electron chi connectivity index (χ4n) is 3.23. The van der Waals surface area contributed by atoms with Crippen molar-refractivity contribution >= 4 is 32.6 Å². The third-order valence-electron chi connectivity index (χ3n) is 4.68. The summed E-state index contributed by atoms with van der Waals surface area (Å²) < 4.78 is 26.0. The van der Waals surface area contributed by atoms with E-state index in [4.69, 9.17) is 9.47 Å². The summed E-state index contributed by atoms with van der Waals surface area (Å²) in [6.45, 7) is 2.36. The first-order valence-corrected chi connectivity index (χ1v) is 10.4. The lowest BCUT2D eigenvalue weighted by Crippen LogP contribution is -3.05. The molecule has 2 heterocycles. The lowest BCUT2D eigenvalue weighted by Gasteiger charge is -2.22. The first-order valence-electron chi connectivity index (χ1n) is 9.58. The number of hydrogen-bond donors (Lipinski definition) is 1. The number of thiazole rings is 1. The summed E-state index contributed by atoms with van der Waals surface area (Å²) in [6.07, 6.45) is 0.803. The van der Waals surface area contributed by atoms with Crippen LogP contribution in [0.25, 0.3) is 10.2 Å². The highest BCUT2D eigenvalue weighted by Crippen LogP contribution is 2.34. The number of rotatable bonds is 6. The topological polar surface area (TPSA) is 56.1 Å². The van der Waals surface area contributed by atoms with Crippen molar-refractivity contribution in [2.24, 2.45) is 0 Å². The Balaban J connectivity index is 1.67. The van der Waals surface area contributed by atoms with Gasteiger partial charge in [-0.15, -0.1) is 0 Å². The fraction of sp³-hybridized carbons (Fsp3) is 0.333. The van der Waals surface area contributed by atoms with E-state index in [1.165, 1.54) is 22.3 Å². The largest absolute Gasteiger partial charge is 0.486 e. The zero-order valence-corrected chi connectivity index (χ0v) is 17.2. The molecule has 4 rings (SSSR count).